The lowest BCUT2D eigenvalue weighted by Gasteiger charge is -2.23. The summed E-state index contributed by atoms with van der Waals surface area (Å²) in [5.41, 5.74) is 5.32. The number of amides is 1. The highest BCUT2D eigenvalue weighted by Crippen LogP contribution is 2.28. The van der Waals surface area contributed by atoms with Crippen molar-refractivity contribution in [3.63, 3.8) is 0 Å². The number of pyridine rings is 1. The summed E-state index contributed by atoms with van der Waals surface area (Å²) < 4.78 is 7.53. The van der Waals surface area contributed by atoms with Gasteiger partial charge in [0.15, 0.2) is 12.4 Å². The molecule has 61 heavy (non-hydrogen) atoms. The van der Waals surface area contributed by atoms with Crippen molar-refractivity contribution in [1.82, 2.24) is 10.6 Å². The number of carbonyl (C=O) groups is 3. The van der Waals surface area contributed by atoms with E-state index in [-0.39, 0.29) is 37.6 Å². The van der Waals surface area contributed by atoms with Gasteiger partial charge >= 0.3 is 11.9 Å². The third kappa shape index (κ3) is 13.9. The highest BCUT2D eigenvalue weighted by molar-refractivity contribution is 8.76. The number of hydrogen-bond acceptors (Lipinski definition) is 12. The molecule has 3 fully saturated rings. The highest BCUT2D eigenvalue weighted by atomic mass is 33.1. The van der Waals surface area contributed by atoms with E-state index in [1.807, 2.05) is 108 Å². The van der Waals surface area contributed by atoms with E-state index in [2.05, 4.69) is 22.2 Å². The fraction of sp³-hybridized carbons (Fsp3) is 0.356. The van der Waals surface area contributed by atoms with Crippen molar-refractivity contribution in [3.05, 3.63) is 120 Å². The maximum atomic E-state index is 12.5. The van der Waals surface area contributed by atoms with Crippen molar-refractivity contribution in [2.75, 3.05) is 54.0 Å². The van der Waals surface area contributed by atoms with Crippen LogP contribution in [0.1, 0.15) is 29.5 Å². The predicted molar refractivity (Wildman–Crippen MR) is 242 cm³/mol. The van der Waals surface area contributed by atoms with Crippen LogP contribution in [-0.4, -0.2) is 125 Å². The minimum Gasteiger partial charge on any atom is -0.480 e. The topological polar surface area (TPSA) is 191 Å². The number of nitrogens with one attached hydrogen (secondary N) is 2. The second-order valence-corrected chi connectivity index (χ2v) is 17.6. The number of rotatable bonds is 22. The molecule has 0 saturated carbocycles. The molecule has 14 nitrogen and oxygen atoms in total. The lowest BCUT2D eigenvalue weighted by atomic mass is 10.1. The largest absolute Gasteiger partial charge is 0.480 e. The molecule has 4 heterocycles. The monoisotopic (exact) mass is 869 g/mol. The van der Waals surface area contributed by atoms with Crippen LogP contribution in [0, 0.1) is 0 Å². The summed E-state index contributed by atoms with van der Waals surface area (Å²) in [6.07, 6.45) is 16.1. The number of allylic oxidation sites excluding steroid dienone is 4. The van der Waals surface area contributed by atoms with Crippen LogP contribution in [-0.2, 0) is 25.7 Å². The Morgan fingerprint density at radius 3 is 1.90 bits per heavy atom. The maximum absolute atomic E-state index is 12.5. The minimum absolute atomic E-state index is 0.00376. The van der Waals surface area contributed by atoms with Gasteiger partial charge in [-0.2, -0.15) is 4.57 Å². The highest BCUT2D eigenvalue weighted by Gasteiger charge is 2.38. The van der Waals surface area contributed by atoms with Crippen molar-refractivity contribution >= 4 is 75.3 Å². The number of epoxide rings is 1. The molecule has 1 amide bonds. The average Bonchev–Trinajstić information content (AvgIpc) is 3.68. The number of anilines is 2. The fourth-order valence-corrected chi connectivity index (χ4v) is 8.89. The van der Waals surface area contributed by atoms with Crippen LogP contribution in [0.25, 0.3) is 18.2 Å². The van der Waals surface area contributed by atoms with E-state index in [4.69, 9.17) is 4.74 Å². The van der Waals surface area contributed by atoms with Gasteiger partial charge in [-0.3, -0.25) is 15.1 Å². The molecule has 0 bridgehead atoms. The summed E-state index contributed by atoms with van der Waals surface area (Å²) in [6, 6.07) is 17.6. The number of aliphatic hydroxyl groups excluding tert-OH is 2. The molecule has 6 atom stereocenters. The van der Waals surface area contributed by atoms with Crippen LogP contribution in [0.4, 0.5) is 11.4 Å². The van der Waals surface area contributed by atoms with E-state index in [1.54, 1.807) is 43.7 Å². The minimum atomic E-state index is -0.934. The number of aliphatic hydroxyl groups is 2. The third-order valence-corrected chi connectivity index (χ3v) is 12.8. The van der Waals surface area contributed by atoms with Crippen LogP contribution in [0.5, 0.6) is 0 Å². The molecule has 1 aromatic heterocycles. The molecule has 322 valence electrons. The van der Waals surface area contributed by atoms with Crippen LogP contribution < -0.4 is 25.0 Å². The molecule has 0 radical (unpaired) electrons. The number of aromatic nitrogens is 1. The van der Waals surface area contributed by atoms with Gasteiger partial charge in [-0.25, -0.2) is 9.59 Å². The van der Waals surface area contributed by atoms with Crippen molar-refractivity contribution in [2.45, 2.75) is 56.0 Å². The smallest absolute Gasteiger partial charge is 0.326 e. The van der Waals surface area contributed by atoms with Crippen molar-refractivity contribution in [1.29, 1.82) is 0 Å². The van der Waals surface area contributed by atoms with Gasteiger partial charge in [0.1, 0.15) is 24.4 Å². The van der Waals surface area contributed by atoms with Crippen molar-refractivity contribution < 1.29 is 44.1 Å². The number of aliphatic imine (C=N–C) groups is 1. The number of nitrogens with zero attached hydrogens (tertiary/aromatic N) is 4. The first-order valence-corrected chi connectivity index (χ1v) is 22.7. The van der Waals surface area contributed by atoms with Gasteiger partial charge in [-0.15, -0.1) is 0 Å². The molecule has 3 aliphatic rings. The number of β-amino-alcohol motifs (C(OH)–C–C–N with tert-alkyl or cyclic N) is 2. The molecule has 3 aliphatic heterocycles. The molecule has 6 unspecified atom stereocenters. The molecule has 16 heteroatoms. The van der Waals surface area contributed by atoms with E-state index in [1.165, 1.54) is 0 Å². The molecule has 2 aromatic carbocycles. The second kappa shape index (κ2) is 22.6. The van der Waals surface area contributed by atoms with E-state index in [0.29, 0.717) is 26.2 Å². The van der Waals surface area contributed by atoms with Gasteiger partial charge < -0.3 is 40.3 Å². The predicted octanol–water partition coefficient (Wildman–Crippen LogP) is 3.90. The van der Waals surface area contributed by atoms with E-state index in [0.717, 1.165) is 51.7 Å². The summed E-state index contributed by atoms with van der Waals surface area (Å²) in [7, 11) is 3.46. The molecule has 6 rings (SSSR count). The summed E-state index contributed by atoms with van der Waals surface area (Å²) in [6.45, 7) is 6.65. The Bertz CT molecular complexity index is 2080. The van der Waals surface area contributed by atoms with Gasteiger partial charge in [0.25, 0.3) is 5.91 Å². The Morgan fingerprint density at radius 1 is 0.803 bits per heavy atom. The van der Waals surface area contributed by atoms with Crippen molar-refractivity contribution in [3.8, 4) is 0 Å². The van der Waals surface area contributed by atoms with Crippen LogP contribution >= 0.6 is 21.6 Å². The first kappa shape index (κ1) is 45.3. The maximum Gasteiger partial charge on any atom is 0.326 e. The zero-order valence-corrected chi connectivity index (χ0v) is 35.4. The quantitative estimate of drug-likeness (QED) is 0.0213. The van der Waals surface area contributed by atoms with Gasteiger partial charge in [-0.1, -0.05) is 82.8 Å². The number of carboxylic acids is 2. The Kier molecular flexibility index (Phi) is 16.8. The van der Waals surface area contributed by atoms with Gasteiger partial charge in [0.05, 0.1) is 18.8 Å². The summed E-state index contributed by atoms with van der Waals surface area (Å²) in [4.78, 5) is 43.5. The number of ether oxygens (including phenoxy) is 1. The molecule has 0 aliphatic carbocycles. The molecule has 3 saturated heterocycles. The Balaban J connectivity index is 0.785. The zero-order chi connectivity index (χ0) is 43.1. The van der Waals surface area contributed by atoms with Gasteiger partial charge in [0, 0.05) is 80.2 Å². The fourth-order valence-electron chi connectivity index (χ4n) is 7.06. The number of benzene rings is 2. The average molecular weight is 870 g/mol. The molecule has 3 aromatic rings. The lowest BCUT2D eigenvalue weighted by molar-refractivity contribution is -0.684. The number of aliphatic carboxylic acids is 2. The SMILES string of the molecule is C=CC(/C=C/c1ccc(N2CC(O)CC2C(=O)O)cc1)=C\C=NCC1OC1NCCSSCCNC(=O)C[n+]1ccc(/C=C/c2ccc(N3CC(O)CC3C(=O)O)cc2)cc1. The molecular weight excluding hydrogens is 817 g/mol. The summed E-state index contributed by atoms with van der Waals surface area (Å²) in [5.74, 6) is -0.221. The van der Waals surface area contributed by atoms with E-state index in [9.17, 15) is 34.8 Å². The standard InChI is InChI=1S/C45H52N6O8S2/c1-2-31(3-4-32-7-11-35(12-8-32)50-28-37(52)25-39(50)44(55)56)15-18-46-27-41-43(59-41)48-20-24-61-60-23-19-47-42(54)30-49-21-16-34(17-22-49)6-5-33-9-13-36(14-10-33)51-29-38(53)26-40(51)45(57)58/h2-18,21-22,37-41,43,48,52-53H,1,19-20,23-30H2,(H2-,47,54,55,56,57,58)/p+1/b4-3+,31-15+,46-18?. The van der Waals surface area contributed by atoms with Gasteiger partial charge in [-0.05, 0) is 52.6 Å². The van der Waals surface area contributed by atoms with Crippen LogP contribution in [0.2, 0.25) is 0 Å². The normalized spacial score (nSPS) is 22.8. The third-order valence-electron chi connectivity index (χ3n) is 10.4. The number of carbonyl (C=O) groups excluding carboxylic acids is 1. The van der Waals surface area contributed by atoms with Crippen molar-refractivity contribution in [2.24, 2.45) is 4.99 Å². The second-order valence-electron chi connectivity index (χ2n) is 14.9. The van der Waals surface area contributed by atoms with E-state index < -0.39 is 36.2 Å². The van der Waals surface area contributed by atoms with Gasteiger partial charge in [0.2, 0.25) is 6.54 Å². The summed E-state index contributed by atoms with van der Waals surface area (Å²) in [5, 5.41) is 45.2. The Hall–Kier alpha value is -5.23. The van der Waals surface area contributed by atoms with Crippen LogP contribution in [0.15, 0.2) is 108 Å². The molecule has 0 spiro atoms. The molecule has 6 N–H and O–H groups in total. The van der Waals surface area contributed by atoms with E-state index >= 15 is 0 Å². The number of hydrogen-bond donors (Lipinski definition) is 6. The molecular formula is C45H53N6O8S2+. The Labute approximate surface area is 363 Å². The zero-order valence-electron chi connectivity index (χ0n) is 33.7. The first-order chi connectivity index (χ1) is 29.6. The lowest BCUT2D eigenvalue weighted by Crippen LogP contribution is -2.42. The first-order valence-electron chi connectivity index (χ1n) is 20.2. The summed E-state index contributed by atoms with van der Waals surface area (Å²) >= 11 is 0. The number of carboxylic acid groups (broad SMARTS) is 2. The van der Waals surface area contributed by atoms with Crippen LogP contribution in [0.3, 0.4) is 0 Å². The Morgan fingerprint density at radius 2 is 1.34 bits per heavy atom.